The second kappa shape index (κ2) is 18.1. The van der Waals surface area contributed by atoms with Gasteiger partial charge in [0.05, 0.1) is 11.1 Å². The van der Waals surface area contributed by atoms with Crippen LogP contribution in [-0.4, -0.2) is 36.8 Å². The summed E-state index contributed by atoms with van der Waals surface area (Å²) in [6.07, 6.45) is 7.66. The number of aromatic nitrogens is 4. The van der Waals surface area contributed by atoms with Crippen molar-refractivity contribution in [1.29, 1.82) is 0 Å². The maximum absolute atomic E-state index is 12.4. The maximum atomic E-state index is 12.4. The molecule has 6 rings (SSSR count). The zero-order valence-electron chi connectivity index (χ0n) is 24.5. The van der Waals surface area contributed by atoms with Gasteiger partial charge in [-0.2, -0.15) is 0 Å². The van der Waals surface area contributed by atoms with Gasteiger partial charge >= 0.3 is 5.97 Å². The molecule has 14 heteroatoms. The normalized spacial score (nSPS) is 10.3. The lowest BCUT2D eigenvalue weighted by molar-refractivity contribution is 0.0695. The summed E-state index contributed by atoms with van der Waals surface area (Å²) in [6.45, 7) is 0.554. The summed E-state index contributed by atoms with van der Waals surface area (Å²) >= 11 is 12.8. The Morgan fingerprint density at radius 1 is 0.667 bits per heavy atom. The number of nitrogens with two attached hydrogens (primary N) is 3. The number of halogens is 4. The molecule has 0 aliphatic carbocycles. The molecule has 248 valence electrons. The zero-order chi connectivity index (χ0) is 34.1. The van der Waals surface area contributed by atoms with Crippen molar-refractivity contribution in [3.05, 3.63) is 126 Å². The molecular formula is C34H31Br4N7O3. The van der Waals surface area contributed by atoms with Crippen LogP contribution in [0.4, 0.5) is 11.6 Å². The number of pyridine rings is 4. The van der Waals surface area contributed by atoms with E-state index in [1.165, 1.54) is 12.3 Å². The monoisotopic (exact) mass is 901 g/mol. The van der Waals surface area contributed by atoms with Crippen molar-refractivity contribution in [2.45, 2.75) is 26.8 Å². The molecule has 0 atom stereocenters. The van der Waals surface area contributed by atoms with E-state index in [1.54, 1.807) is 24.7 Å². The lowest BCUT2D eigenvalue weighted by Gasteiger charge is -2.06. The fourth-order valence-electron chi connectivity index (χ4n) is 4.37. The summed E-state index contributed by atoms with van der Waals surface area (Å²) in [5.74, 6) is 0.154. The Balaban J connectivity index is 0.000000212. The summed E-state index contributed by atoms with van der Waals surface area (Å²) in [5.41, 5.74) is 20.0. The highest BCUT2D eigenvalue weighted by molar-refractivity contribution is 9.11. The van der Waals surface area contributed by atoms with Crippen LogP contribution in [0.5, 0.6) is 0 Å². The largest absolute Gasteiger partial charge is 0.478 e. The summed E-state index contributed by atoms with van der Waals surface area (Å²) in [6, 6.07) is 19.1. The first kappa shape index (κ1) is 38.6. The number of hydrogen-bond donors (Lipinski definition) is 4. The highest BCUT2D eigenvalue weighted by atomic mass is 79.9. The summed E-state index contributed by atoms with van der Waals surface area (Å²) in [7, 11) is 0. The van der Waals surface area contributed by atoms with Crippen molar-refractivity contribution in [1.82, 2.24) is 19.9 Å². The number of benzene rings is 2. The summed E-state index contributed by atoms with van der Waals surface area (Å²) in [5, 5.41) is 12.6. The highest BCUT2D eigenvalue weighted by Crippen LogP contribution is 2.24. The Morgan fingerprint density at radius 2 is 1.15 bits per heavy atom. The number of nitrogens with zero attached hydrogens (tertiary/aromatic N) is 4. The first-order valence-corrected chi connectivity index (χ1v) is 17.0. The third kappa shape index (κ3) is 10.3. The van der Waals surface area contributed by atoms with E-state index >= 15 is 0 Å². The Hall–Kier alpha value is -3.82. The van der Waals surface area contributed by atoms with Crippen LogP contribution in [0.3, 0.4) is 0 Å². The molecule has 4 heterocycles. The molecule has 4 aromatic heterocycles. The molecule has 0 unspecified atom stereocenters. The number of Topliss-reactive ketones (excluding diaryl/α,β-unsaturated/α-hetero) is 1. The van der Waals surface area contributed by atoms with Gasteiger partial charge < -0.3 is 22.3 Å². The molecule has 0 bridgehead atoms. The first-order valence-electron chi connectivity index (χ1n) is 13.8. The van der Waals surface area contributed by atoms with Crippen LogP contribution >= 0.6 is 63.7 Å². The minimum Gasteiger partial charge on any atom is -0.478 e. The van der Waals surface area contributed by atoms with Gasteiger partial charge in [-0.25, -0.2) is 24.7 Å². The Labute approximate surface area is 311 Å². The number of carbonyl (C=O) groups is 2. The van der Waals surface area contributed by atoms with E-state index in [0.29, 0.717) is 50.3 Å². The molecule has 0 spiro atoms. The van der Waals surface area contributed by atoms with Gasteiger partial charge in [0.1, 0.15) is 20.8 Å². The molecule has 0 saturated carbocycles. The number of anilines is 2. The second-order valence-corrected chi connectivity index (χ2v) is 13.3. The maximum Gasteiger partial charge on any atom is 0.338 e. The van der Waals surface area contributed by atoms with Crippen molar-refractivity contribution in [3.8, 4) is 0 Å². The van der Waals surface area contributed by atoms with Crippen LogP contribution in [-0.2, 0) is 13.0 Å². The van der Waals surface area contributed by atoms with Crippen LogP contribution in [0.2, 0.25) is 0 Å². The molecule has 7 N–H and O–H groups in total. The predicted molar refractivity (Wildman–Crippen MR) is 206 cm³/mol. The molecule has 6 aromatic rings. The van der Waals surface area contributed by atoms with Crippen molar-refractivity contribution >= 4 is 109 Å². The number of aromatic carboxylic acids is 1. The molecule has 10 nitrogen and oxygen atoms in total. The molecule has 0 aliphatic rings. The molecule has 0 radical (unpaired) electrons. The lowest BCUT2D eigenvalue weighted by atomic mass is 10.0. The minimum absolute atomic E-state index is 0. The third-order valence-electron chi connectivity index (χ3n) is 6.74. The lowest BCUT2D eigenvalue weighted by Crippen LogP contribution is -2.03. The quantitative estimate of drug-likeness (QED) is 0.0931. The van der Waals surface area contributed by atoms with Gasteiger partial charge in [0, 0.05) is 57.5 Å². The fraction of sp³-hybridized carbons (Fsp3) is 0.118. The van der Waals surface area contributed by atoms with Crippen molar-refractivity contribution < 1.29 is 14.7 Å². The topological polar surface area (TPSA) is 184 Å². The van der Waals surface area contributed by atoms with Gasteiger partial charge in [-0.1, -0.05) is 37.8 Å². The zero-order valence-corrected chi connectivity index (χ0v) is 30.8. The molecule has 0 saturated heterocycles. The predicted octanol–water partition coefficient (Wildman–Crippen LogP) is 8.77. The number of aryl methyl sites for hydroxylation is 1. The molecule has 0 fully saturated rings. The molecule has 2 aromatic carbocycles. The van der Waals surface area contributed by atoms with E-state index in [2.05, 4.69) is 89.7 Å². The fourth-order valence-corrected chi connectivity index (χ4v) is 5.85. The van der Waals surface area contributed by atoms with Crippen LogP contribution in [0.1, 0.15) is 45.7 Å². The number of carbonyl (C=O) groups excluding carboxylic acids is 1. The highest BCUT2D eigenvalue weighted by Gasteiger charge is 2.12. The molecule has 0 aliphatic heterocycles. The number of carboxylic acids is 1. The third-order valence-corrected chi connectivity index (χ3v) is 8.87. The van der Waals surface area contributed by atoms with Gasteiger partial charge in [-0.05, 0) is 122 Å². The SMILES string of the molecule is C.NCc1ccc2c(N)nccc2c1.Nc1nccc2cc(CCC(=O)c3cc(Br)cnc3Br)ccc12.O=C(O)c1cc(Br)cnc1Br. The van der Waals surface area contributed by atoms with Gasteiger partial charge in [0.15, 0.2) is 5.78 Å². The van der Waals surface area contributed by atoms with Gasteiger partial charge in [-0.15, -0.1) is 0 Å². The van der Waals surface area contributed by atoms with Crippen molar-refractivity contribution in [3.63, 3.8) is 0 Å². The van der Waals surface area contributed by atoms with Crippen LogP contribution in [0.25, 0.3) is 21.5 Å². The van der Waals surface area contributed by atoms with E-state index in [0.717, 1.165) is 37.1 Å². The van der Waals surface area contributed by atoms with E-state index in [9.17, 15) is 9.59 Å². The average Bonchev–Trinajstić information content (AvgIpc) is 3.06. The van der Waals surface area contributed by atoms with E-state index < -0.39 is 5.97 Å². The number of nitrogen functional groups attached to an aromatic ring is 2. The number of rotatable bonds is 6. The van der Waals surface area contributed by atoms with Crippen molar-refractivity contribution in [2.75, 3.05) is 11.5 Å². The Morgan fingerprint density at radius 3 is 1.65 bits per heavy atom. The first-order chi connectivity index (χ1) is 22.5. The summed E-state index contributed by atoms with van der Waals surface area (Å²) in [4.78, 5) is 38.9. The van der Waals surface area contributed by atoms with E-state index in [4.69, 9.17) is 22.3 Å². The van der Waals surface area contributed by atoms with Crippen LogP contribution in [0.15, 0.2) is 104 Å². The Bertz CT molecular complexity index is 2080. The second-order valence-electron chi connectivity index (χ2n) is 9.92. The van der Waals surface area contributed by atoms with Gasteiger partial charge in [-0.3, -0.25) is 4.79 Å². The number of ketones is 1. The van der Waals surface area contributed by atoms with Crippen LogP contribution in [0, 0.1) is 0 Å². The summed E-state index contributed by atoms with van der Waals surface area (Å²) < 4.78 is 2.35. The molecular weight excluding hydrogens is 874 g/mol. The van der Waals surface area contributed by atoms with Crippen molar-refractivity contribution in [2.24, 2.45) is 5.73 Å². The average molecular weight is 905 g/mol. The standard InChI is InChI=1S/C17H13Br2N3O.C10H11N3.C6H3Br2NO2.CH4/c18-12-8-14(16(19)22-9-12)15(23)4-2-10-1-3-13-11(7-10)5-6-21-17(13)20;11-6-7-1-2-9-8(5-7)3-4-13-10(9)12;7-3-1-4(6(10)11)5(8)9-2-3;/h1,3,5-9H,2,4H2,(H2,20,21);1-5H,6,11H2,(H2,12,13);1-2H,(H,10,11);1H4. The van der Waals surface area contributed by atoms with E-state index in [1.807, 2.05) is 42.5 Å². The smallest absolute Gasteiger partial charge is 0.338 e. The van der Waals surface area contributed by atoms with Gasteiger partial charge in [0.2, 0.25) is 0 Å². The van der Waals surface area contributed by atoms with Crippen LogP contribution < -0.4 is 17.2 Å². The molecule has 48 heavy (non-hydrogen) atoms. The van der Waals surface area contributed by atoms with Gasteiger partial charge in [0.25, 0.3) is 0 Å². The van der Waals surface area contributed by atoms with E-state index in [-0.39, 0.29) is 18.8 Å². The minimum atomic E-state index is -0.995. The number of fused-ring (bicyclic) bond motifs is 2. The number of carboxylic acid groups (broad SMARTS) is 1. The molecule has 0 amide bonds. The Kier molecular flexibility index (Phi) is 14.6. The number of hydrogen-bond acceptors (Lipinski definition) is 9.